The van der Waals surface area contributed by atoms with Gasteiger partial charge in [-0.3, -0.25) is 9.59 Å². The van der Waals surface area contributed by atoms with Crippen molar-refractivity contribution < 1.29 is 9.59 Å². The molecule has 4 heteroatoms. The maximum Gasteiger partial charge on any atom is 0.226 e. The van der Waals surface area contributed by atoms with Crippen molar-refractivity contribution in [3.8, 4) is 0 Å². The van der Waals surface area contributed by atoms with Crippen molar-refractivity contribution in [1.82, 2.24) is 10.2 Å². The van der Waals surface area contributed by atoms with Gasteiger partial charge < -0.3 is 10.2 Å². The third kappa shape index (κ3) is 4.28. The van der Waals surface area contributed by atoms with Crippen LogP contribution in [0.1, 0.15) is 42.1 Å². The van der Waals surface area contributed by atoms with E-state index in [2.05, 4.69) is 5.32 Å². The van der Waals surface area contributed by atoms with Gasteiger partial charge in [0.25, 0.3) is 0 Å². The number of carbonyl (C=O) groups excluding carboxylic acids is 2. The van der Waals surface area contributed by atoms with Crippen LogP contribution in [0.5, 0.6) is 0 Å². The molecule has 1 N–H and O–H groups in total. The highest BCUT2D eigenvalue weighted by atomic mass is 16.2. The van der Waals surface area contributed by atoms with E-state index in [1.54, 1.807) is 0 Å². The van der Waals surface area contributed by atoms with Crippen molar-refractivity contribution in [1.29, 1.82) is 0 Å². The fourth-order valence-electron chi connectivity index (χ4n) is 4.10. The summed E-state index contributed by atoms with van der Waals surface area (Å²) in [6.45, 7) is 2.46. The monoisotopic (exact) mass is 398 g/mol. The highest BCUT2D eigenvalue weighted by Gasteiger charge is 2.37. The predicted molar refractivity (Wildman–Crippen MR) is 118 cm³/mol. The molecule has 0 bridgehead atoms. The van der Waals surface area contributed by atoms with Gasteiger partial charge in [-0.05, 0) is 23.6 Å². The van der Waals surface area contributed by atoms with Gasteiger partial charge in [0.15, 0.2) is 0 Å². The summed E-state index contributed by atoms with van der Waals surface area (Å²) < 4.78 is 0. The summed E-state index contributed by atoms with van der Waals surface area (Å²) in [6.07, 6.45) is 0.249. The second-order valence-electron chi connectivity index (χ2n) is 7.80. The van der Waals surface area contributed by atoms with Gasteiger partial charge in [0.05, 0.1) is 18.0 Å². The van der Waals surface area contributed by atoms with Crippen LogP contribution in [0.2, 0.25) is 0 Å². The van der Waals surface area contributed by atoms with Gasteiger partial charge in [-0.15, -0.1) is 0 Å². The van der Waals surface area contributed by atoms with E-state index >= 15 is 0 Å². The minimum absolute atomic E-state index is 0.0301. The maximum atomic E-state index is 13.2. The Morgan fingerprint density at radius 3 is 1.80 bits per heavy atom. The molecule has 0 radical (unpaired) electrons. The Bertz CT molecular complexity index is 950. The number of hydrogen-bond acceptors (Lipinski definition) is 2. The minimum Gasteiger partial charge on any atom is -0.345 e. The molecule has 3 aromatic carbocycles. The molecule has 4 rings (SSSR count). The average Bonchev–Trinajstić information content (AvgIpc) is 3.20. The second kappa shape index (κ2) is 8.95. The van der Waals surface area contributed by atoms with Crippen LogP contribution in [0, 0.1) is 5.92 Å². The molecule has 30 heavy (non-hydrogen) atoms. The van der Waals surface area contributed by atoms with Crippen LogP contribution in [0.4, 0.5) is 0 Å². The largest absolute Gasteiger partial charge is 0.345 e. The van der Waals surface area contributed by atoms with E-state index in [0.29, 0.717) is 6.54 Å². The molecule has 0 spiro atoms. The van der Waals surface area contributed by atoms with Gasteiger partial charge in [0.1, 0.15) is 0 Å². The predicted octanol–water partition coefficient (Wildman–Crippen LogP) is 4.50. The summed E-state index contributed by atoms with van der Waals surface area (Å²) in [4.78, 5) is 27.7. The van der Waals surface area contributed by atoms with Crippen LogP contribution >= 0.6 is 0 Å². The molecular weight excluding hydrogens is 372 g/mol. The molecule has 1 fully saturated rings. The molecule has 1 heterocycles. The summed E-state index contributed by atoms with van der Waals surface area (Å²) in [5, 5.41) is 3.19. The first-order valence-corrected chi connectivity index (χ1v) is 10.4. The smallest absolute Gasteiger partial charge is 0.226 e. The zero-order valence-corrected chi connectivity index (χ0v) is 17.1. The van der Waals surface area contributed by atoms with E-state index in [4.69, 9.17) is 0 Å². The van der Waals surface area contributed by atoms with Crippen LogP contribution in [-0.2, 0) is 9.59 Å². The summed E-state index contributed by atoms with van der Waals surface area (Å²) in [7, 11) is 0. The summed E-state index contributed by atoms with van der Waals surface area (Å²) >= 11 is 0. The van der Waals surface area contributed by atoms with Gasteiger partial charge in [-0.25, -0.2) is 0 Å². The zero-order chi connectivity index (χ0) is 20.9. The molecule has 0 unspecified atom stereocenters. The average molecular weight is 399 g/mol. The molecule has 1 aliphatic heterocycles. The Hall–Kier alpha value is -3.40. The maximum absolute atomic E-state index is 13.2. The lowest BCUT2D eigenvalue weighted by molar-refractivity contribution is -0.130. The molecular formula is C26H26N2O2. The lowest BCUT2D eigenvalue weighted by atomic mass is 9.97. The Morgan fingerprint density at radius 2 is 1.30 bits per heavy atom. The number of rotatable bonds is 6. The highest BCUT2D eigenvalue weighted by molar-refractivity contribution is 5.89. The minimum atomic E-state index is -0.349. The van der Waals surface area contributed by atoms with E-state index in [-0.39, 0.29) is 36.2 Å². The molecule has 0 aromatic heterocycles. The molecule has 3 aromatic rings. The van der Waals surface area contributed by atoms with Crippen molar-refractivity contribution in [2.24, 2.45) is 5.92 Å². The first-order chi connectivity index (χ1) is 14.6. The van der Waals surface area contributed by atoms with Crippen molar-refractivity contribution in [3.05, 3.63) is 108 Å². The van der Waals surface area contributed by atoms with Crippen molar-refractivity contribution in [2.45, 2.75) is 25.4 Å². The molecule has 152 valence electrons. The molecule has 4 nitrogen and oxygen atoms in total. The number of benzene rings is 3. The van der Waals surface area contributed by atoms with Gasteiger partial charge >= 0.3 is 0 Å². The highest BCUT2D eigenvalue weighted by Crippen LogP contribution is 2.30. The Kier molecular flexibility index (Phi) is 5.94. The summed E-state index contributed by atoms with van der Waals surface area (Å²) in [6, 6.07) is 29.5. The zero-order valence-electron chi connectivity index (χ0n) is 17.1. The van der Waals surface area contributed by atoms with E-state index < -0.39 is 0 Å². The second-order valence-corrected chi connectivity index (χ2v) is 7.80. The molecule has 1 saturated heterocycles. The third-order valence-electron chi connectivity index (χ3n) is 5.83. The lowest BCUT2D eigenvalue weighted by Gasteiger charge is -2.26. The molecule has 0 aliphatic carbocycles. The number of carbonyl (C=O) groups is 2. The van der Waals surface area contributed by atoms with E-state index in [0.717, 1.165) is 16.7 Å². The first kappa shape index (κ1) is 19.9. The van der Waals surface area contributed by atoms with Gasteiger partial charge in [0, 0.05) is 13.0 Å². The van der Waals surface area contributed by atoms with E-state index in [1.807, 2.05) is 103 Å². The number of nitrogens with one attached hydrogen (secondary N) is 1. The lowest BCUT2D eigenvalue weighted by Crippen LogP contribution is -2.36. The third-order valence-corrected chi connectivity index (χ3v) is 5.83. The van der Waals surface area contributed by atoms with Crippen LogP contribution in [0.3, 0.4) is 0 Å². The Morgan fingerprint density at radius 1 is 0.833 bits per heavy atom. The number of amides is 2. The van der Waals surface area contributed by atoms with Gasteiger partial charge in [-0.1, -0.05) is 91.0 Å². The Balaban J connectivity index is 1.50. The normalized spacial score (nSPS) is 17.2. The van der Waals surface area contributed by atoms with Crippen molar-refractivity contribution in [2.75, 3.05) is 6.54 Å². The van der Waals surface area contributed by atoms with Crippen LogP contribution in [0.15, 0.2) is 91.0 Å². The van der Waals surface area contributed by atoms with Crippen molar-refractivity contribution in [3.63, 3.8) is 0 Å². The number of hydrogen-bond donors (Lipinski definition) is 1. The van der Waals surface area contributed by atoms with Crippen LogP contribution < -0.4 is 5.32 Å². The SMILES string of the molecule is C[C@H](c1ccccc1)N1C[C@@H](C(=O)NC(c2ccccc2)c2ccccc2)CC1=O. The van der Waals surface area contributed by atoms with Gasteiger partial charge in [0.2, 0.25) is 11.8 Å². The van der Waals surface area contributed by atoms with Crippen molar-refractivity contribution >= 4 is 11.8 Å². The quantitative estimate of drug-likeness (QED) is 0.665. The fourth-order valence-corrected chi connectivity index (χ4v) is 4.10. The molecule has 0 saturated carbocycles. The molecule has 1 aliphatic rings. The molecule has 2 amide bonds. The standard InChI is InChI=1S/C26H26N2O2/c1-19(20-11-5-2-6-12-20)28-18-23(17-24(28)29)26(30)27-25(21-13-7-3-8-14-21)22-15-9-4-10-16-22/h2-16,19,23,25H,17-18H2,1H3,(H,27,30)/t19-,23+/m1/s1. The summed E-state index contributed by atoms with van der Waals surface area (Å²) in [5.74, 6) is -0.398. The van der Waals surface area contributed by atoms with E-state index in [1.165, 1.54) is 0 Å². The Labute approximate surface area is 177 Å². The number of nitrogens with zero attached hydrogens (tertiary/aromatic N) is 1. The van der Waals surface area contributed by atoms with Crippen LogP contribution in [0.25, 0.3) is 0 Å². The fraction of sp³-hybridized carbons (Fsp3) is 0.231. The number of likely N-dealkylation sites (tertiary alicyclic amines) is 1. The molecule has 2 atom stereocenters. The van der Waals surface area contributed by atoms with E-state index in [9.17, 15) is 9.59 Å². The van der Waals surface area contributed by atoms with Gasteiger partial charge in [-0.2, -0.15) is 0 Å². The summed E-state index contributed by atoms with van der Waals surface area (Å²) in [5.41, 5.74) is 3.13. The topological polar surface area (TPSA) is 49.4 Å². The first-order valence-electron chi connectivity index (χ1n) is 10.4. The van der Waals surface area contributed by atoms with Crippen LogP contribution in [-0.4, -0.2) is 23.3 Å².